The molecule has 2 rings (SSSR count). The lowest BCUT2D eigenvalue weighted by Crippen LogP contribution is -2.14. The summed E-state index contributed by atoms with van der Waals surface area (Å²) in [7, 11) is 6.17. The average molecular weight is 431 g/mol. The van der Waals surface area contributed by atoms with Gasteiger partial charge < -0.3 is 28.3 Å². The zero-order chi connectivity index (χ0) is 23.0. The largest absolute Gasteiger partial charge is 0.493 e. The molecule has 0 aliphatic carbocycles. The summed E-state index contributed by atoms with van der Waals surface area (Å²) < 4.78 is 28.1. The van der Waals surface area contributed by atoms with Crippen LogP contribution in [0.1, 0.15) is 27.3 Å². The highest BCUT2D eigenvalue weighted by atomic mass is 16.5. The maximum atomic E-state index is 12.5. The van der Waals surface area contributed by atoms with E-state index in [1.54, 1.807) is 31.4 Å². The number of ether oxygens (including phenoxy) is 5. The van der Waals surface area contributed by atoms with Crippen LogP contribution in [0.25, 0.3) is 6.08 Å². The molecule has 0 amide bonds. The second kappa shape index (κ2) is 11.2. The summed E-state index contributed by atoms with van der Waals surface area (Å²) in [6, 6.07) is 5.20. The van der Waals surface area contributed by atoms with Gasteiger partial charge in [-0.1, -0.05) is 0 Å². The first kappa shape index (κ1) is 24.0. The number of Topliss-reactive ketones (excluding diaryl/α,β-unsaturated/α-hetero) is 1. The monoisotopic (exact) mass is 431 g/mol. The lowest BCUT2D eigenvalue weighted by Gasteiger charge is -2.12. The molecule has 8 nitrogen and oxygen atoms in total. The van der Waals surface area contributed by atoms with Crippen molar-refractivity contribution in [1.82, 2.24) is 4.57 Å². The number of ketones is 1. The summed E-state index contributed by atoms with van der Waals surface area (Å²) >= 11 is 0. The van der Waals surface area contributed by atoms with Crippen LogP contribution in [-0.2, 0) is 20.8 Å². The average Bonchev–Trinajstić information content (AvgIpc) is 3.06. The number of aromatic nitrogens is 1. The molecule has 0 N–H and O–H groups in total. The van der Waals surface area contributed by atoms with E-state index in [1.165, 1.54) is 27.4 Å². The first-order valence-corrected chi connectivity index (χ1v) is 9.69. The fourth-order valence-corrected chi connectivity index (χ4v) is 3.23. The number of nitrogens with zero attached hydrogens (tertiary/aromatic N) is 1. The Hall–Kier alpha value is -3.26. The van der Waals surface area contributed by atoms with Crippen molar-refractivity contribution in [3.63, 3.8) is 0 Å². The van der Waals surface area contributed by atoms with Crippen LogP contribution in [0.2, 0.25) is 0 Å². The molecular formula is C23H29NO7. The van der Waals surface area contributed by atoms with E-state index in [-0.39, 0.29) is 12.4 Å². The van der Waals surface area contributed by atoms with Crippen molar-refractivity contribution in [2.45, 2.75) is 20.4 Å². The standard InChI is InChI=1S/C23H29NO7/c1-15-11-18(16(2)24(15)9-10-27-3)19(25)14-31-22(26)8-7-17-12-20(28-4)23(30-6)21(13-17)29-5/h7-8,11-13H,9-10,14H2,1-6H3. The van der Waals surface area contributed by atoms with Crippen LogP contribution >= 0.6 is 0 Å². The van der Waals surface area contributed by atoms with Gasteiger partial charge in [0, 0.05) is 36.7 Å². The number of benzene rings is 1. The highest BCUT2D eigenvalue weighted by Gasteiger charge is 2.17. The Morgan fingerprint density at radius 1 is 0.968 bits per heavy atom. The molecule has 0 saturated carbocycles. The topological polar surface area (TPSA) is 85.2 Å². The molecule has 168 valence electrons. The Bertz CT molecular complexity index is 934. The SMILES string of the molecule is COCCn1c(C)cc(C(=O)COC(=O)C=Cc2cc(OC)c(OC)c(OC)c2)c1C. The summed E-state index contributed by atoms with van der Waals surface area (Å²) in [5.74, 6) is 0.503. The van der Waals surface area contributed by atoms with Gasteiger partial charge >= 0.3 is 5.97 Å². The molecule has 0 unspecified atom stereocenters. The maximum Gasteiger partial charge on any atom is 0.331 e. The predicted octanol–water partition coefficient (Wildman–Crippen LogP) is 3.22. The fraction of sp³-hybridized carbons (Fsp3) is 0.391. The van der Waals surface area contributed by atoms with Gasteiger partial charge in [-0.25, -0.2) is 4.79 Å². The Kier molecular flexibility index (Phi) is 8.69. The van der Waals surface area contributed by atoms with E-state index in [1.807, 2.05) is 18.4 Å². The quantitative estimate of drug-likeness (QED) is 0.307. The fourth-order valence-electron chi connectivity index (χ4n) is 3.23. The first-order chi connectivity index (χ1) is 14.9. The second-order valence-electron chi connectivity index (χ2n) is 6.75. The van der Waals surface area contributed by atoms with E-state index >= 15 is 0 Å². The van der Waals surface area contributed by atoms with Crippen molar-refractivity contribution >= 4 is 17.8 Å². The molecule has 0 fully saturated rings. The van der Waals surface area contributed by atoms with Gasteiger partial charge in [0.1, 0.15) is 0 Å². The Morgan fingerprint density at radius 3 is 2.16 bits per heavy atom. The molecule has 0 atom stereocenters. The summed E-state index contributed by atoms with van der Waals surface area (Å²) in [6.45, 7) is 4.64. The molecule has 31 heavy (non-hydrogen) atoms. The highest BCUT2D eigenvalue weighted by molar-refractivity contribution is 6.00. The Morgan fingerprint density at radius 2 is 1.61 bits per heavy atom. The summed E-state index contributed by atoms with van der Waals surface area (Å²) in [5.41, 5.74) is 2.96. The minimum atomic E-state index is -0.629. The number of esters is 1. The molecule has 1 heterocycles. The molecular weight excluding hydrogens is 402 g/mol. The zero-order valence-corrected chi connectivity index (χ0v) is 18.8. The third-order valence-electron chi connectivity index (χ3n) is 4.84. The van der Waals surface area contributed by atoms with E-state index in [4.69, 9.17) is 23.7 Å². The van der Waals surface area contributed by atoms with Gasteiger partial charge in [-0.2, -0.15) is 0 Å². The van der Waals surface area contributed by atoms with Crippen molar-refractivity contribution in [2.75, 3.05) is 41.7 Å². The van der Waals surface area contributed by atoms with Gasteiger partial charge in [-0.3, -0.25) is 4.79 Å². The molecule has 0 spiro atoms. The van der Waals surface area contributed by atoms with Crippen molar-refractivity contribution in [3.8, 4) is 17.2 Å². The number of carbonyl (C=O) groups excluding carboxylic acids is 2. The van der Waals surface area contributed by atoms with Crippen LogP contribution in [0.3, 0.4) is 0 Å². The molecule has 0 saturated heterocycles. The number of rotatable bonds is 11. The Labute approximate surface area is 182 Å². The zero-order valence-electron chi connectivity index (χ0n) is 18.8. The third kappa shape index (κ3) is 5.88. The van der Waals surface area contributed by atoms with E-state index in [0.29, 0.717) is 41.5 Å². The van der Waals surface area contributed by atoms with E-state index in [0.717, 1.165) is 11.4 Å². The second-order valence-corrected chi connectivity index (χ2v) is 6.75. The number of methoxy groups -OCH3 is 4. The lowest BCUT2D eigenvalue weighted by molar-refractivity contribution is -0.136. The Balaban J connectivity index is 2.04. The summed E-state index contributed by atoms with van der Waals surface area (Å²) in [6.07, 6.45) is 2.80. The van der Waals surface area contributed by atoms with Crippen LogP contribution in [0.5, 0.6) is 17.2 Å². The van der Waals surface area contributed by atoms with Crippen LogP contribution in [0.15, 0.2) is 24.3 Å². The molecule has 0 radical (unpaired) electrons. The molecule has 8 heteroatoms. The first-order valence-electron chi connectivity index (χ1n) is 9.69. The van der Waals surface area contributed by atoms with Crippen molar-refractivity contribution in [3.05, 3.63) is 46.8 Å². The van der Waals surface area contributed by atoms with Crippen LogP contribution in [0.4, 0.5) is 0 Å². The number of hydrogen-bond donors (Lipinski definition) is 0. The molecule has 1 aromatic heterocycles. The van der Waals surface area contributed by atoms with Crippen LogP contribution < -0.4 is 14.2 Å². The van der Waals surface area contributed by atoms with Gasteiger partial charge in [-0.05, 0) is 43.7 Å². The van der Waals surface area contributed by atoms with Gasteiger partial charge in [0.2, 0.25) is 11.5 Å². The van der Waals surface area contributed by atoms with E-state index < -0.39 is 5.97 Å². The van der Waals surface area contributed by atoms with E-state index in [2.05, 4.69) is 0 Å². The normalized spacial score (nSPS) is 10.9. The minimum absolute atomic E-state index is 0.258. The van der Waals surface area contributed by atoms with Gasteiger partial charge in [-0.15, -0.1) is 0 Å². The lowest BCUT2D eigenvalue weighted by atomic mass is 10.1. The molecule has 0 bridgehead atoms. The minimum Gasteiger partial charge on any atom is -0.493 e. The molecule has 1 aromatic carbocycles. The maximum absolute atomic E-state index is 12.5. The summed E-state index contributed by atoms with van der Waals surface area (Å²) in [5, 5.41) is 0. The smallest absolute Gasteiger partial charge is 0.331 e. The van der Waals surface area contributed by atoms with Gasteiger partial charge in [0.05, 0.1) is 27.9 Å². The van der Waals surface area contributed by atoms with E-state index in [9.17, 15) is 9.59 Å². The van der Waals surface area contributed by atoms with Gasteiger partial charge in [0.25, 0.3) is 0 Å². The molecule has 2 aromatic rings. The highest BCUT2D eigenvalue weighted by Crippen LogP contribution is 2.38. The van der Waals surface area contributed by atoms with Crippen molar-refractivity contribution in [1.29, 1.82) is 0 Å². The number of hydrogen-bond acceptors (Lipinski definition) is 7. The molecule has 0 aliphatic heterocycles. The van der Waals surface area contributed by atoms with Gasteiger partial charge in [0.15, 0.2) is 18.1 Å². The third-order valence-corrected chi connectivity index (χ3v) is 4.84. The number of aryl methyl sites for hydroxylation is 1. The van der Waals surface area contributed by atoms with Crippen LogP contribution in [0, 0.1) is 13.8 Å². The number of carbonyl (C=O) groups is 2. The summed E-state index contributed by atoms with van der Waals surface area (Å²) in [4.78, 5) is 24.6. The predicted molar refractivity (Wildman–Crippen MR) is 116 cm³/mol. The molecule has 0 aliphatic rings. The van der Waals surface area contributed by atoms with Crippen molar-refractivity contribution < 1.29 is 33.3 Å². The van der Waals surface area contributed by atoms with Crippen LogP contribution in [-0.4, -0.2) is 58.0 Å². The van der Waals surface area contributed by atoms with Crippen molar-refractivity contribution in [2.24, 2.45) is 0 Å².